The zero-order chi connectivity index (χ0) is 14.7. The molecule has 21 heavy (non-hydrogen) atoms. The molecule has 1 aromatic heterocycles. The Hall–Kier alpha value is -1.56. The van der Waals surface area contributed by atoms with E-state index in [2.05, 4.69) is 23.1 Å². The molecule has 0 unspecified atom stereocenters. The van der Waals surface area contributed by atoms with Crippen molar-refractivity contribution in [2.75, 3.05) is 26.3 Å². The molecule has 0 bridgehead atoms. The Balaban J connectivity index is 1.92. The molecule has 3 rings (SSSR count). The second-order valence-corrected chi connectivity index (χ2v) is 5.64. The predicted molar refractivity (Wildman–Crippen MR) is 85.6 cm³/mol. The van der Waals surface area contributed by atoms with E-state index in [-0.39, 0.29) is 0 Å². The monoisotopic (exact) mass is 301 g/mol. The molecule has 2 heterocycles. The second-order valence-electron chi connectivity index (χ2n) is 5.26. The van der Waals surface area contributed by atoms with Gasteiger partial charge in [0.15, 0.2) is 0 Å². The van der Waals surface area contributed by atoms with Crippen molar-refractivity contribution in [3.05, 3.63) is 46.6 Å². The van der Waals surface area contributed by atoms with E-state index in [4.69, 9.17) is 22.1 Å². The largest absolute Gasteiger partial charge is 0.379 e. The molecule has 0 radical (unpaired) electrons. The van der Waals surface area contributed by atoms with Crippen LogP contribution in [0.2, 0.25) is 0 Å². The predicted octanol–water partition coefficient (Wildman–Crippen LogP) is 2.88. The summed E-state index contributed by atoms with van der Waals surface area (Å²) in [4.78, 5) is 2.32. The summed E-state index contributed by atoms with van der Waals surface area (Å²) in [6.45, 7) is 6.20. The molecule has 1 aliphatic heterocycles. The Morgan fingerprint density at radius 2 is 1.90 bits per heavy atom. The van der Waals surface area contributed by atoms with Crippen LogP contribution < -0.4 is 0 Å². The highest BCUT2D eigenvalue weighted by Gasteiger charge is 2.12. The molecule has 1 fully saturated rings. The van der Waals surface area contributed by atoms with Crippen LogP contribution in [0.3, 0.4) is 0 Å². The van der Waals surface area contributed by atoms with Gasteiger partial charge in [-0.25, -0.2) is 4.68 Å². The first-order chi connectivity index (χ1) is 10.2. The lowest BCUT2D eigenvalue weighted by molar-refractivity contribution is 0.0208. The van der Waals surface area contributed by atoms with Gasteiger partial charge in [-0.3, -0.25) is 4.90 Å². The lowest BCUT2D eigenvalue weighted by atomic mass is 10.1. The molecule has 1 aromatic carbocycles. The number of aryl methyl sites for hydroxylation is 1. The molecular formula is C16H19N3OS. The molecule has 110 valence electrons. The normalized spacial score (nSPS) is 16.0. The van der Waals surface area contributed by atoms with Crippen LogP contribution in [0.1, 0.15) is 5.56 Å². The number of rotatable bonds is 3. The van der Waals surface area contributed by atoms with Crippen molar-refractivity contribution in [2.24, 2.45) is 0 Å². The highest BCUT2D eigenvalue weighted by Crippen LogP contribution is 2.18. The summed E-state index contributed by atoms with van der Waals surface area (Å²) in [6.07, 6.45) is 0. The minimum absolute atomic E-state index is 0.726. The smallest absolute Gasteiger partial charge is 0.127 e. The van der Waals surface area contributed by atoms with Gasteiger partial charge in [-0.1, -0.05) is 42.5 Å². The van der Waals surface area contributed by atoms with Crippen LogP contribution in [-0.2, 0) is 11.4 Å². The van der Waals surface area contributed by atoms with Crippen LogP contribution >= 0.6 is 12.2 Å². The van der Waals surface area contributed by atoms with Crippen molar-refractivity contribution in [3.8, 4) is 11.3 Å². The highest BCUT2D eigenvalue weighted by molar-refractivity contribution is 7.71. The number of hydrogen-bond acceptors (Lipinski definition) is 4. The van der Waals surface area contributed by atoms with Crippen LogP contribution in [0, 0.1) is 11.6 Å². The van der Waals surface area contributed by atoms with Gasteiger partial charge in [-0.05, 0) is 18.6 Å². The molecule has 1 aliphatic rings. The third-order valence-electron chi connectivity index (χ3n) is 3.66. The molecule has 1 saturated heterocycles. The fraction of sp³-hybridized carbons (Fsp3) is 0.375. The van der Waals surface area contributed by atoms with E-state index in [1.165, 1.54) is 0 Å². The highest BCUT2D eigenvalue weighted by atomic mass is 32.1. The van der Waals surface area contributed by atoms with Crippen LogP contribution in [0.15, 0.2) is 36.4 Å². The lowest BCUT2D eigenvalue weighted by Gasteiger charge is -2.27. The van der Waals surface area contributed by atoms with Gasteiger partial charge in [0.25, 0.3) is 0 Å². The summed E-state index contributed by atoms with van der Waals surface area (Å²) in [6, 6.07) is 12.3. The quantitative estimate of drug-likeness (QED) is 0.816. The third-order valence-corrected chi connectivity index (χ3v) is 4.19. The number of morpholine rings is 1. The van der Waals surface area contributed by atoms with E-state index in [1.54, 1.807) is 0 Å². The molecule has 4 nitrogen and oxygen atoms in total. The van der Waals surface area contributed by atoms with Gasteiger partial charge >= 0.3 is 0 Å². The zero-order valence-electron chi connectivity index (χ0n) is 12.2. The van der Waals surface area contributed by atoms with Crippen molar-refractivity contribution < 1.29 is 4.74 Å². The summed E-state index contributed by atoms with van der Waals surface area (Å²) >= 11 is 5.51. The van der Waals surface area contributed by atoms with Crippen molar-refractivity contribution in [1.82, 2.24) is 14.7 Å². The van der Waals surface area contributed by atoms with E-state index in [1.807, 2.05) is 29.8 Å². The van der Waals surface area contributed by atoms with E-state index in [0.717, 1.165) is 54.4 Å². The Morgan fingerprint density at radius 3 is 2.62 bits per heavy atom. The van der Waals surface area contributed by atoms with Crippen LogP contribution in [0.4, 0.5) is 0 Å². The summed E-state index contributed by atoms with van der Waals surface area (Å²) in [5.41, 5.74) is 3.17. The first-order valence-corrected chi connectivity index (χ1v) is 7.59. The molecular weight excluding hydrogens is 282 g/mol. The Labute approximate surface area is 130 Å². The number of benzene rings is 1. The maximum Gasteiger partial charge on any atom is 0.127 e. The maximum atomic E-state index is 5.51. The van der Waals surface area contributed by atoms with E-state index in [9.17, 15) is 0 Å². The molecule has 0 spiro atoms. The average molecular weight is 301 g/mol. The molecule has 0 saturated carbocycles. The first-order valence-electron chi connectivity index (χ1n) is 7.18. The van der Waals surface area contributed by atoms with Gasteiger partial charge in [-0.15, -0.1) is 0 Å². The van der Waals surface area contributed by atoms with Crippen molar-refractivity contribution in [2.45, 2.75) is 13.6 Å². The second kappa shape index (κ2) is 6.47. The van der Waals surface area contributed by atoms with E-state index in [0.29, 0.717) is 0 Å². The SMILES string of the molecule is Cc1cc(-c2ccccc2)nn(CN2CCOCC2)c1=S. The fourth-order valence-electron chi connectivity index (χ4n) is 2.45. The van der Waals surface area contributed by atoms with Crippen LogP contribution in [-0.4, -0.2) is 41.0 Å². The minimum Gasteiger partial charge on any atom is -0.379 e. The van der Waals surface area contributed by atoms with Gasteiger partial charge in [0.2, 0.25) is 0 Å². The van der Waals surface area contributed by atoms with Crippen LogP contribution in [0.5, 0.6) is 0 Å². The topological polar surface area (TPSA) is 30.3 Å². The first kappa shape index (κ1) is 14.4. The van der Waals surface area contributed by atoms with Gasteiger partial charge in [0.1, 0.15) is 4.64 Å². The number of aromatic nitrogens is 2. The Kier molecular flexibility index (Phi) is 4.43. The lowest BCUT2D eigenvalue weighted by Crippen LogP contribution is -2.38. The Bertz CT molecular complexity index is 663. The summed E-state index contributed by atoms with van der Waals surface area (Å²) in [7, 11) is 0. The molecule has 0 aliphatic carbocycles. The average Bonchev–Trinajstić information content (AvgIpc) is 2.53. The number of nitrogens with zero attached hydrogens (tertiary/aromatic N) is 3. The zero-order valence-corrected chi connectivity index (χ0v) is 13.0. The fourth-order valence-corrected chi connectivity index (χ4v) is 2.61. The van der Waals surface area contributed by atoms with E-state index >= 15 is 0 Å². The van der Waals surface area contributed by atoms with Gasteiger partial charge in [0, 0.05) is 18.7 Å². The number of hydrogen-bond donors (Lipinski definition) is 0. The van der Waals surface area contributed by atoms with Crippen molar-refractivity contribution in [3.63, 3.8) is 0 Å². The third kappa shape index (κ3) is 3.37. The summed E-state index contributed by atoms with van der Waals surface area (Å²) in [5.74, 6) is 0. The van der Waals surface area contributed by atoms with E-state index < -0.39 is 0 Å². The van der Waals surface area contributed by atoms with Gasteiger partial charge < -0.3 is 4.74 Å². The van der Waals surface area contributed by atoms with Crippen LogP contribution in [0.25, 0.3) is 11.3 Å². The standard InChI is InChI=1S/C16H19N3OS/c1-13-11-15(14-5-3-2-4-6-14)17-19(16(13)21)12-18-7-9-20-10-8-18/h2-6,11H,7-10,12H2,1H3. The molecule has 2 aromatic rings. The van der Waals surface area contributed by atoms with Gasteiger partial charge in [0.05, 0.1) is 25.6 Å². The number of ether oxygens (including phenoxy) is 1. The molecule has 5 heteroatoms. The van der Waals surface area contributed by atoms with Crippen molar-refractivity contribution >= 4 is 12.2 Å². The summed E-state index contributed by atoms with van der Waals surface area (Å²) in [5, 5.41) is 4.73. The molecule has 0 atom stereocenters. The molecule has 0 amide bonds. The summed E-state index contributed by atoms with van der Waals surface area (Å²) < 4.78 is 8.12. The molecule has 0 N–H and O–H groups in total. The van der Waals surface area contributed by atoms with Gasteiger partial charge in [-0.2, -0.15) is 5.10 Å². The minimum atomic E-state index is 0.726. The Morgan fingerprint density at radius 1 is 1.19 bits per heavy atom. The van der Waals surface area contributed by atoms with Crippen molar-refractivity contribution in [1.29, 1.82) is 0 Å². The maximum absolute atomic E-state index is 5.51.